The van der Waals surface area contributed by atoms with Gasteiger partial charge in [-0.2, -0.15) is 5.10 Å². The van der Waals surface area contributed by atoms with Crippen LogP contribution in [0.15, 0.2) is 88.5 Å². The Morgan fingerprint density at radius 2 is 1.94 bits per heavy atom. The van der Waals surface area contributed by atoms with Crippen molar-refractivity contribution >= 4 is 56.6 Å². The minimum Gasteiger partial charge on any atom is -0.378 e. The van der Waals surface area contributed by atoms with Crippen molar-refractivity contribution in [2.45, 2.75) is 31.1 Å². The minimum absolute atomic E-state index is 0.104. The van der Waals surface area contributed by atoms with Gasteiger partial charge in [-0.05, 0) is 65.8 Å². The predicted octanol–water partition coefficient (Wildman–Crippen LogP) is 7.70. The second kappa shape index (κ2) is 11.2. The van der Waals surface area contributed by atoms with Gasteiger partial charge in [-0.3, -0.25) is 4.79 Å². The number of halogens is 2. The maximum atomic E-state index is 12.4. The molecule has 1 aliphatic carbocycles. The Kier molecular flexibility index (Phi) is 7.85. The van der Waals surface area contributed by atoms with Gasteiger partial charge in [0.15, 0.2) is 0 Å². The topological polar surface area (TPSA) is 53.5 Å². The van der Waals surface area contributed by atoms with Gasteiger partial charge < -0.3 is 5.32 Å². The molecule has 184 valence electrons. The molecule has 0 aromatic heterocycles. The van der Waals surface area contributed by atoms with Gasteiger partial charge in [-0.15, -0.1) is 11.8 Å². The number of hydrazone groups is 1. The largest absolute Gasteiger partial charge is 0.378 e. The average molecular weight is 581 g/mol. The normalized spacial score (nSPS) is 20.4. The third kappa shape index (κ3) is 5.41. The number of carbonyl (C=O) groups excluding carboxylic acids is 1. The van der Waals surface area contributed by atoms with Gasteiger partial charge in [-0.1, -0.05) is 82.1 Å². The minimum atomic E-state index is -0.104. The van der Waals surface area contributed by atoms with Crippen molar-refractivity contribution < 1.29 is 4.79 Å². The quantitative estimate of drug-likeness (QED) is 0.171. The van der Waals surface area contributed by atoms with Crippen LogP contribution in [-0.4, -0.2) is 17.4 Å². The van der Waals surface area contributed by atoms with E-state index in [9.17, 15) is 4.79 Å². The Morgan fingerprint density at radius 1 is 1.14 bits per heavy atom. The molecule has 1 amide bonds. The first-order valence-corrected chi connectivity index (χ1v) is 14.3. The van der Waals surface area contributed by atoms with Crippen LogP contribution in [0.25, 0.3) is 0 Å². The third-order valence-corrected chi connectivity index (χ3v) is 8.92. The number of fused-ring (bicyclic) bond motifs is 3. The number of carbonyl (C=O) groups is 1. The maximum absolute atomic E-state index is 12.4. The molecule has 2 aliphatic rings. The van der Waals surface area contributed by atoms with E-state index in [0.717, 1.165) is 44.2 Å². The van der Waals surface area contributed by atoms with Gasteiger partial charge in [0, 0.05) is 26.9 Å². The summed E-state index contributed by atoms with van der Waals surface area (Å²) in [5, 5.41) is 8.93. The van der Waals surface area contributed by atoms with E-state index in [2.05, 4.69) is 74.3 Å². The average Bonchev–Trinajstić information content (AvgIpc) is 3.39. The molecule has 5 rings (SSSR count). The summed E-state index contributed by atoms with van der Waals surface area (Å²) in [6.07, 6.45) is 5.60. The molecule has 3 aromatic carbocycles. The standard InChI is InChI=1S/C29H27BrClN3OS/c1-18(33-34-28(35)17-36-16-20-7-2-4-11-25(20)30)19-13-14-27-24(15-19)21-9-6-10-22(21)29(32-27)23-8-3-5-12-26(23)31/h2-9,11-15,21-22,29,32H,10,16-17H2,1H3,(H,34,35)/b33-18-/t21-,22+,29-/m1/s1. The summed E-state index contributed by atoms with van der Waals surface area (Å²) in [4.78, 5) is 12.4. The van der Waals surface area contributed by atoms with Gasteiger partial charge in [0.05, 0.1) is 17.5 Å². The molecule has 0 unspecified atom stereocenters. The lowest BCUT2D eigenvalue weighted by Gasteiger charge is -2.38. The molecular formula is C29H27BrClN3OS. The number of amides is 1. The summed E-state index contributed by atoms with van der Waals surface area (Å²) < 4.78 is 1.06. The van der Waals surface area contributed by atoms with Crippen molar-refractivity contribution in [2.75, 3.05) is 11.1 Å². The third-order valence-electron chi connectivity index (χ3n) is 6.82. The SMILES string of the molecule is C/C(=N/NC(=O)CSCc1ccccc1Br)c1ccc2c(c1)[C@@H]1C=CC[C@@H]1[C@H](c1ccccc1Cl)N2. The Bertz CT molecular complexity index is 1340. The molecule has 3 aromatic rings. The predicted molar refractivity (Wildman–Crippen MR) is 155 cm³/mol. The number of hydrogen-bond donors (Lipinski definition) is 2. The molecule has 7 heteroatoms. The number of benzene rings is 3. The molecule has 0 bridgehead atoms. The summed E-state index contributed by atoms with van der Waals surface area (Å²) >= 11 is 11.7. The van der Waals surface area contributed by atoms with E-state index < -0.39 is 0 Å². The number of anilines is 1. The zero-order chi connectivity index (χ0) is 25.1. The number of rotatable bonds is 7. The lowest BCUT2D eigenvalue weighted by molar-refractivity contribution is -0.118. The molecule has 0 fully saturated rings. The van der Waals surface area contributed by atoms with Gasteiger partial charge in [0.25, 0.3) is 0 Å². The van der Waals surface area contributed by atoms with Crippen LogP contribution in [0.1, 0.15) is 47.6 Å². The highest BCUT2D eigenvalue weighted by molar-refractivity contribution is 9.10. The highest BCUT2D eigenvalue weighted by atomic mass is 79.9. The number of nitrogens with one attached hydrogen (secondary N) is 2. The van der Waals surface area contributed by atoms with E-state index >= 15 is 0 Å². The lowest BCUT2D eigenvalue weighted by atomic mass is 9.76. The fourth-order valence-corrected chi connectivity index (χ4v) is 6.65. The maximum Gasteiger partial charge on any atom is 0.250 e. The fraction of sp³-hybridized carbons (Fsp3) is 0.241. The second-order valence-corrected chi connectivity index (χ2v) is 11.4. The summed E-state index contributed by atoms with van der Waals surface area (Å²) in [5.74, 6) is 1.74. The van der Waals surface area contributed by atoms with E-state index in [-0.39, 0.29) is 11.9 Å². The van der Waals surface area contributed by atoms with Crippen molar-refractivity contribution in [3.8, 4) is 0 Å². The van der Waals surface area contributed by atoms with Crippen molar-refractivity contribution in [1.29, 1.82) is 0 Å². The smallest absolute Gasteiger partial charge is 0.250 e. The number of thioether (sulfide) groups is 1. The zero-order valence-corrected chi connectivity index (χ0v) is 23.0. The van der Waals surface area contributed by atoms with Crippen molar-refractivity contribution in [3.63, 3.8) is 0 Å². The Balaban J connectivity index is 1.26. The zero-order valence-electron chi connectivity index (χ0n) is 19.9. The van der Waals surface area contributed by atoms with Gasteiger partial charge >= 0.3 is 0 Å². The van der Waals surface area contributed by atoms with Gasteiger partial charge in [-0.25, -0.2) is 5.43 Å². The first-order valence-electron chi connectivity index (χ1n) is 12.0. The van der Waals surface area contributed by atoms with Crippen LogP contribution in [0.5, 0.6) is 0 Å². The van der Waals surface area contributed by atoms with Crippen molar-refractivity contribution in [1.82, 2.24) is 5.43 Å². The molecule has 0 saturated carbocycles. The van der Waals surface area contributed by atoms with Crippen molar-refractivity contribution in [3.05, 3.63) is 111 Å². The van der Waals surface area contributed by atoms with E-state index in [1.54, 1.807) is 11.8 Å². The molecule has 0 saturated heterocycles. The fourth-order valence-electron chi connectivity index (χ4n) is 4.97. The molecular weight excluding hydrogens is 554 g/mol. The van der Waals surface area contributed by atoms with Crippen LogP contribution in [0.3, 0.4) is 0 Å². The molecule has 4 nitrogen and oxygen atoms in total. The highest BCUT2D eigenvalue weighted by Gasteiger charge is 2.38. The van der Waals surface area contributed by atoms with Gasteiger partial charge in [0.2, 0.25) is 5.91 Å². The number of hydrogen-bond acceptors (Lipinski definition) is 4. The molecule has 0 radical (unpaired) electrons. The molecule has 1 aliphatic heterocycles. The number of nitrogens with zero attached hydrogens (tertiary/aromatic N) is 1. The summed E-state index contributed by atoms with van der Waals surface area (Å²) in [6, 6.07) is 22.7. The monoisotopic (exact) mass is 579 g/mol. The Morgan fingerprint density at radius 3 is 2.78 bits per heavy atom. The number of allylic oxidation sites excluding steroid dienone is 2. The highest BCUT2D eigenvalue weighted by Crippen LogP contribution is 2.50. The Hall–Kier alpha value is -2.54. The van der Waals surface area contributed by atoms with E-state index in [0.29, 0.717) is 17.6 Å². The van der Waals surface area contributed by atoms with Crippen molar-refractivity contribution in [2.24, 2.45) is 11.0 Å². The molecule has 2 N–H and O–H groups in total. The van der Waals surface area contributed by atoms with E-state index in [1.165, 1.54) is 11.1 Å². The molecule has 36 heavy (non-hydrogen) atoms. The molecule has 3 atom stereocenters. The van der Waals surface area contributed by atoms with Crippen LogP contribution in [-0.2, 0) is 10.5 Å². The summed E-state index contributed by atoms with van der Waals surface area (Å²) in [7, 11) is 0. The Labute approximate surface area is 229 Å². The van der Waals surface area contributed by atoms with E-state index in [4.69, 9.17) is 11.6 Å². The van der Waals surface area contributed by atoms with Crippen LogP contribution < -0.4 is 10.7 Å². The second-order valence-electron chi connectivity index (χ2n) is 9.12. The van der Waals surface area contributed by atoms with E-state index in [1.807, 2.05) is 43.3 Å². The van der Waals surface area contributed by atoms with Crippen LogP contribution in [0, 0.1) is 5.92 Å². The summed E-state index contributed by atoms with van der Waals surface area (Å²) in [6.45, 7) is 1.93. The van der Waals surface area contributed by atoms with Crippen LogP contribution >= 0.6 is 39.3 Å². The molecule has 1 heterocycles. The van der Waals surface area contributed by atoms with Gasteiger partial charge in [0.1, 0.15) is 0 Å². The molecule has 0 spiro atoms. The lowest BCUT2D eigenvalue weighted by Crippen LogP contribution is -2.29. The summed E-state index contributed by atoms with van der Waals surface area (Å²) in [5.41, 5.74) is 9.21. The van der Waals surface area contributed by atoms with Crippen LogP contribution in [0.4, 0.5) is 5.69 Å². The first-order chi connectivity index (χ1) is 17.5. The first kappa shape index (κ1) is 25.1. The van der Waals surface area contributed by atoms with Crippen LogP contribution in [0.2, 0.25) is 5.02 Å².